The summed E-state index contributed by atoms with van der Waals surface area (Å²) in [6.07, 6.45) is 11.2. The summed E-state index contributed by atoms with van der Waals surface area (Å²) in [5, 5.41) is 13.4. The number of urea groups is 1. The van der Waals surface area contributed by atoms with Gasteiger partial charge < -0.3 is 15.7 Å². The standard InChI is InChI=1S/C11H14N2O3/c1-3-5-6-8-12-11(16)13-9(7-4-2)10(14)15/h1-2,9H,5-8H2,(H,14,15)(H2,12,13,16). The SMILES string of the molecule is C#CCCCNC(=O)NC(CC#C)C(=O)O. The van der Waals surface area contributed by atoms with Crippen molar-refractivity contribution in [2.75, 3.05) is 6.54 Å². The fourth-order valence-corrected chi connectivity index (χ4v) is 0.920. The number of aliphatic carboxylic acids is 1. The quantitative estimate of drug-likeness (QED) is 0.443. The van der Waals surface area contributed by atoms with Gasteiger partial charge in [0.05, 0.1) is 0 Å². The molecule has 16 heavy (non-hydrogen) atoms. The lowest BCUT2D eigenvalue weighted by Crippen LogP contribution is -2.46. The molecule has 5 heteroatoms. The first kappa shape index (κ1) is 13.9. The molecule has 0 aromatic carbocycles. The molecule has 1 atom stereocenters. The third-order valence-corrected chi connectivity index (χ3v) is 1.71. The minimum absolute atomic E-state index is 0.0485. The molecular formula is C11H14N2O3. The molecule has 86 valence electrons. The van der Waals surface area contributed by atoms with Crippen LogP contribution in [0.3, 0.4) is 0 Å². The molecule has 0 saturated heterocycles. The Morgan fingerprint density at radius 3 is 2.50 bits per heavy atom. The largest absolute Gasteiger partial charge is 0.480 e. The Balaban J connectivity index is 3.88. The zero-order valence-electron chi connectivity index (χ0n) is 8.82. The van der Waals surface area contributed by atoms with Gasteiger partial charge >= 0.3 is 12.0 Å². The Labute approximate surface area is 94.6 Å². The second-order valence-electron chi connectivity index (χ2n) is 3.01. The maximum absolute atomic E-state index is 11.2. The number of carbonyl (C=O) groups excluding carboxylic acids is 1. The highest BCUT2D eigenvalue weighted by atomic mass is 16.4. The van der Waals surface area contributed by atoms with Gasteiger partial charge in [-0.1, -0.05) is 0 Å². The molecule has 0 aromatic rings. The Morgan fingerprint density at radius 2 is 2.00 bits per heavy atom. The van der Waals surface area contributed by atoms with Crippen LogP contribution in [0.5, 0.6) is 0 Å². The second-order valence-corrected chi connectivity index (χ2v) is 3.01. The molecule has 2 amide bonds. The zero-order valence-corrected chi connectivity index (χ0v) is 8.82. The highest BCUT2D eigenvalue weighted by Gasteiger charge is 2.17. The molecule has 0 aliphatic carbocycles. The molecule has 0 saturated carbocycles. The summed E-state index contributed by atoms with van der Waals surface area (Å²) in [5.74, 6) is 3.45. The summed E-state index contributed by atoms with van der Waals surface area (Å²) in [4.78, 5) is 21.8. The fraction of sp³-hybridized carbons (Fsp3) is 0.455. The van der Waals surface area contributed by atoms with E-state index in [0.717, 1.165) is 0 Å². The van der Waals surface area contributed by atoms with Gasteiger partial charge in [0.25, 0.3) is 0 Å². The van der Waals surface area contributed by atoms with Gasteiger partial charge in [0.1, 0.15) is 6.04 Å². The van der Waals surface area contributed by atoms with Crippen molar-refractivity contribution in [2.24, 2.45) is 0 Å². The van der Waals surface area contributed by atoms with Crippen molar-refractivity contribution >= 4 is 12.0 Å². The van der Waals surface area contributed by atoms with Gasteiger partial charge in [-0.05, 0) is 6.42 Å². The lowest BCUT2D eigenvalue weighted by molar-refractivity contribution is -0.139. The summed E-state index contributed by atoms with van der Waals surface area (Å²) >= 11 is 0. The van der Waals surface area contributed by atoms with E-state index < -0.39 is 18.0 Å². The molecule has 0 aromatic heterocycles. The van der Waals surface area contributed by atoms with Gasteiger partial charge in [0.2, 0.25) is 0 Å². The van der Waals surface area contributed by atoms with E-state index in [2.05, 4.69) is 22.5 Å². The Hall–Kier alpha value is -2.14. The Bertz CT molecular complexity index is 325. The number of nitrogens with one attached hydrogen (secondary N) is 2. The number of unbranched alkanes of at least 4 members (excludes halogenated alkanes) is 1. The van der Waals surface area contributed by atoms with Crippen LogP contribution in [-0.4, -0.2) is 29.7 Å². The molecule has 3 N–H and O–H groups in total. The van der Waals surface area contributed by atoms with Crippen molar-refractivity contribution < 1.29 is 14.7 Å². The van der Waals surface area contributed by atoms with Crippen LogP contribution >= 0.6 is 0 Å². The number of hydrogen-bond acceptors (Lipinski definition) is 2. The third kappa shape index (κ3) is 6.33. The summed E-state index contributed by atoms with van der Waals surface area (Å²) in [6.45, 7) is 0.401. The predicted octanol–water partition coefficient (Wildman–Crippen LogP) is 0.175. The molecule has 0 aliphatic heterocycles. The first-order valence-electron chi connectivity index (χ1n) is 4.76. The topological polar surface area (TPSA) is 78.4 Å². The number of carbonyl (C=O) groups is 2. The minimum Gasteiger partial charge on any atom is -0.480 e. The van der Waals surface area contributed by atoms with Crippen molar-refractivity contribution in [3.8, 4) is 24.7 Å². The van der Waals surface area contributed by atoms with Crippen LogP contribution in [0, 0.1) is 24.7 Å². The van der Waals surface area contributed by atoms with Crippen LogP contribution < -0.4 is 10.6 Å². The maximum Gasteiger partial charge on any atom is 0.327 e. The highest BCUT2D eigenvalue weighted by Crippen LogP contribution is 1.90. The van der Waals surface area contributed by atoms with Gasteiger partial charge in [0, 0.05) is 19.4 Å². The Kier molecular flexibility index (Phi) is 7.10. The molecule has 0 heterocycles. The molecular weight excluding hydrogens is 208 g/mol. The molecule has 1 unspecified atom stereocenters. The predicted molar refractivity (Wildman–Crippen MR) is 59.5 cm³/mol. The first-order chi connectivity index (χ1) is 7.61. The number of carboxylic acids is 1. The highest BCUT2D eigenvalue weighted by molar-refractivity contribution is 5.82. The van der Waals surface area contributed by atoms with E-state index in [1.807, 2.05) is 0 Å². The van der Waals surface area contributed by atoms with Gasteiger partial charge in [0.15, 0.2) is 0 Å². The van der Waals surface area contributed by atoms with E-state index >= 15 is 0 Å². The van der Waals surface area contributed by atoms with E-state index in [4.69, 9.17) is 18.0 Å². The van der Waals surface area contributed by atoms with E-state index in [0.29, 0.717) is 19.4 Å². The summed E-state index contributed by atoms with van der Waals surface area (Å²) in [5.41, 5.74) is 0. The third-order valence-electron chi connectivity index (χ3n) is 1.71. The van der Waals surface area contributed by atoms with E-state index in [1.165, 1.54) is 0 Å². The second kappa shape index (κ2) is 8.19. The molecule has 0 bridgehead atoms. The van der Waals surface area contributed by atoms with Crippen molar-refractivity contribution in [3.05, 3.63) is 0 Å². The van der Waals surface area contributed by atoms with Crippen molar-refractivity contribution in [2.45, 2.75) is 25.3 Å². The number of hydrogen-bond donors (Lipinski definition) is 3. The smallest absolute Gasteiger partial charge is 0.327 e. The summed E-state index contributed by atoms with van der Waals surface area (Å²) in [7, 11) is 0. The number of terminal acetylenes is 2. The zero-order chi connectivity index (χ0) is 12.4. The van der Waals surface area contributed by atoms with E-state index in [9.17, 15) is 9.59 Å². The van der Waals surface area contributed by atoms with Crippen LogP contribution in [0.4, 0.5) is 4.79 Å². The van der Waals surface area contributed by atoms with E-state index in [1.54, 1.807) is 0 Å². The van der Waals surface area contributed by atoms with Gasteiger partial charge in [-0.25, -0.2) is 9.59 Å². The summed E-state index contributed by atoms with van der Waals surface area (Å²) in [6, 6.07) is -1.61. The summed E-state index contributed by atoms with van der Waals surface area (Å²) < 4.78 is 0. The molecule has 0 aliphatic rings. The molecule has 0 spiro atoms. The average molecular weight is 222 g/mol. The van der Waals surface area contributed by atoms with Gasteiger partial charge in [-0.15, -0.1) is 24.7 Å². The van der Waals surface area contributed by atoms with Crippen LogP contribution in [0.25, 0.3) is 0 Å². The van der Waals surface area contributed by atoms with Crippen LogP contribution in [0.15, 0.2) is 0 Å². The van der Waals surface area contributed by atoms with Crippen LogP contribution in [0.1, 0.15) is 19.3 Å². The number of carboxylic acid groups (broad SMARTS) is 1. The van der Waals surface area contributed by atoms with Crippen LogP contribution in [-0.2, 0) is 4.79 Å². The molecule has 0 rings (SSSR count). The fourth-order valence-electron chi connectivity index (χ4n) is 0.920. The first-order valence-corrected chi connectivity index (χ1v) is 4.76. The molecule has 5 nitrogen and oxygen atoms in total. The van der Waals surface area contributed by atoms with Crippen molar-refractivity contribution in [1.82, 2.24) is 10.6 Å². The molecule has 0 fully saturated rings. The normalized spacial score (nSPS) is 10.6. The van der Waals surface area contributed by atoms with Gasteiger partial charge in [-0.2, -0.15) is 0 Å². The minimum atomic E-state index is -1.16. The lowest BCUT2D eigenvalue weighted by Gasteiger charge is -2.12. The Morgan fingerprint density at radius 1 is 1.31 bits per heavy atom. The maximum atomic E-state index is 11.2. The van der Waals surface area contributed by atoms with E-state index in [-0.39, 0.29) is 6.42 Å². The monoisotopic (exact) mass is 222 g/mol. The van der Waals surface area contributed by atoms with Crippen molar-refractivity contribution in [1.29, 1.82) is 0 Å². The average Bonchev–Trinajstić information content (AvgIpc) is 2.23. The number of amides is 2. The number of rotatable bonds is 6. The van der Waals surface area contributed by atoms with Crippen LogP contribution in [0.2, 0.25) is 0 Å². The lowest BCUT2D eigenvalue weighted by atomic mass is 10.2. The van der Waals surface area contributed by atoms with Gasteiger partial charge in [-0.3, -0.25) is 0 Å². The molecule has 0 radical (unpaired) electrons. The van der Waals surface area contributed by atoms with Crippen molar-refractivity contribution in [3.63, 3.8) is 0 Å².